The Morgan fingerprint density at radius 3 is 2.24 bits per heavy atom. The number of carboxylic acid groups (broad SMARTS) is 1. The van der Waals surface area contributed by atoms with E-state index in [2.05, 4.69) is 39.9 Å². The van der Waals surface area contributed by atoms with E-state index in [0.717, 1.165) is 22.3 Å². The molecule has 34 heavy (non-hydrogen) atoms. The first-order chi connectivity index (χ1) is 16.4. The summed E-state index contributed by atoms with van der Waals surface area (Å²) in [5.74, 6) is -1.39. The molecule has 4 rings (SSSR count). The number of carboxylic acids is 1. The van der Waals surface area contributed by atoms with Gasteiger partial charge in [-0.15, -0.1) is 0 Å². The highest BCUT2D eigenvalue weighted by Gasteiger charge is 2.29. The summed E-state index contributed by atoms with van der Waals surface area (Å²) in [5.41, 5.74) is 5.20. The fourth-order valence-corrected chi connectivity index (χ4v) is 4.10. The van der Waals surface area contributed by atoms with Crippen LogP contribution in [0.2, 0.25) is 0 Å². The predicted octanol–water partition coefficient (Wildman–Crippen LogP) is 3.71. The molecule has 3 N–H and O–H groups in total. The summed E-state index contributed by atoms with van der Waals surface area (Å²) in [4.78, 5) is 39.2. The van der Waals surface area contributed by atoms with Gasteiger partial charge in [0.1, 0.15) is 12.3 Å². The molecular formula is C26H25N3O5. The van der Waals surface area contributed by atoms with Crippen LogP contribution in [0.1, 0.15) is 46.4 Å². The number of pyridine rings is 1. The normalized spacial score (nSPS) is 12.9. The number of carbonyl (C=O) groups excluding carboxylic acids is 2. The highest BCUT2D eigenvalue weighted by Crippen LogP contribution is 2.44. The second-order valence-electron chi connectivity index (χ2n) is 8.21. The molecular weight excluding hydrogens is 434 g/mol. The Kier molecular flexibility index (Phi) is 6.87. The van der Waals surface area contributed by atoms with Crippen LogP contribution in [-0.2, 0) is 16.1 Å². The molecule has 174 valence electrons. The number of carbonyl (C=O) groups is 3. The van der Waals surface area contributed by atoms with Gasteiger partial charge in [-0.2, -0.15) is 0 Å². The number of ether oxygens (including phenoxy) is 1. The Bertz CT molecular complexity index is 1160. The highest BCUT2D eigenvalue weighted by atomic mass is 16.5. The molecule has 0 aliphatic heterocycles. The highest BCUT2D eigenvalue weighted by molar-refractivity contribution is 5.85. The molecule has 1 heterocycles. The Hall–Kier alpha value is -4.20. The van der Waals surface area contributed by atoms with Gasteiger partial charge in [0.05, 0.1) is 0 Å². The quantitative estimate of drug-likeness (QED) is 0.473. The smallest absolute Gasteiger partial charge is 0.407 e. The zero-order valence-electron chi connectivity index (χ0n) is 18.7. The number of nitrogens with one attached hydrogen (secondary N) is 2. The first kappa shape index (κ1) is 23.0. The number of hydrogen-bond donors (Lipinski definition) is 3. The van der Waals surface area contributed by atoms with Gasteiger partial charge in [-0.25, -0.2) is 14.6 Å². The van der Waals surface area contributed by atoms with Gasteiger partial charge in [0.2, 0.25) is 5.91 Å². The van der Waals surface area contributed by atoms with Crippen molar-refractivity contribution in [1.82, 2.24) is 15.6 Å². The average Bonchev–Trinajstić information content (AvgIpc) is 3.15. The van der Waals surface area contributed by atoms with E-state index in [4.69, 9.17) is 9.84 Å². The van der Waals surface area contributed by atoms with Crippen molar-refractivity contribution in [3.63, 3.8) is 0 Å². The van der Waals surface area contributed by atoms with Crippen LogP contribution >= 0.6 is 0 Å². The van der Waals surface area contributed by atoms with Gasteiger partial charge in [0.15, 0.2) is 0 Å². The molecule has 2 amide bonds. The third-order valence-corrected chi connectivity index (χ3v) is 5.73. The van der Waals surface area contributed by atoms with Gasteiger partial charge < -0.3 is 20.5 Å². The molecule has 0 unspecified atom stereocenters. The van der Waals surface area contributed by atoms with Crippen LogP contribution in [0.3, 0.4) is 0 Å². The van der Waals surface area contributed by atoms with Gasteiger partial charge in [-0.05, 0) is 40.8 Å². The molecule has 1 aromatic heterocycles. The van der Waals surface area contributed by atoms with E-state index in [1.165, 1.54) is 12.3 Å². The minimum atomic E-state index is -1.11. The van der Waals surface area contributed by atoms with Crippen LogP contribution in [0.4, 0.5) is 4.79 Å². The van der Waals surface area contributed by atoms with Crippen LogP contribution in [0.5, 0.6) is 0 Å². The van der Waals surface area contributed by atoms with Crippen molar-refractivity contribution in [1.29, 1.82) is 0 Å². The summed E-state index contributed by atoms with van der Waals surface area (Å²) < 4.78 is 5.51. The number of nitrogens with zero attached hydrogens (tertiary/aromatic N) is 1. The molecule has 0 saturated heterocycles. The molecule has 8 nitrogen and oxygen atoms in total. The Morgan fingerprint density at radius 1 is 1.00 bits per heavy atom. The molecule has 0 radical (unpaired) electrons. The number of rotatable bonds is 8. The maximum absolute atomic E-state index is 12.4. The van der Waals surface area contributed by atoms with Crippen molar-refractivity contribution in [2.45, 2.75) is 31.8 Å². The largest absolute Gasteiger partial charge is 0.477 e. The first-order valence-electron chi connectivity index (χ1n) is 11.0. The van der Waals surface area contributed by atoms with Crippen LogP contribution < -0.4 is 10.6 Å². The molecule has 1 atom stereocenters. The lowest BCUT2D eigenvalue weighted by Crippen LogP contribution is -2.38. The van der Waals surface area contributed by atoms with Gasteiger partial charge in [0, 0.05) is 31.1 Å². The molecule has 0 bridgehead atoms. The number of hydrogen-bond acceptors (Lipinski definition) is 5. The maximum atomic E-state index is 12.4. The minimum absolute atomic E-state index is 0.0297. The molecule has 0 spiro atoms. The van der Waals surface area contributed by atoms with Gasteiger partial charge in [0.25, 0.3) is 0 Å². The summed E-state index contributed by atoms with van der Waals surface area (Å²) in [5, 5.41) is 14.3. The van der Waals surface area contributed by atoms with E-state index in [9.17, 15) is 14.4 Å². The lowest BCUT2D eigenvalue weighted by atomic mass is 9.98. The summed E-state index contributed by atoms with van der Waals surface area (Å²) >= 11 is 0. The number of aromatic carboxylic acids is 1. The number of fused-ring (bicyclic) bond motifs is 3. The average molecular weight is 460 g/mol. The van der Waals surface area contributed by atoms with Crippen molar-refractivity contribution in [2.24, 2.45) is 0 Å². The van der Waals surface area contributed by atoms with Crippen molar-refractivity contribution >= 4 is 18.0 Å². The van der Waals surface area contributed by atoms with Gasteiger partial charge in [-0.1, -0.05) is 54.6 Å². The van der Waals surface area contributed by atoms with Gasteiger partial charge >= 0.3 is 12.1 Å². The van der Waals surface area contributed by atoms with Crippen LogP contribution in [-0.4, -0.2) is 40.7 Å². The molecule has 0 saturated carbocycles. The SMILES string of the molecule is C[C@H](CC(=O)NCc1ccc(C(=O)O)nc1)NC(=O)OCC1c2ccccc2-c2ccccc21. The fourth-order valence-electron chi connectivity index (χ4n) is 4.10. The Labute approximate surface area is 197 Å². The second kappa shape index (κ2) is 10.2. The maximum Gasteiger partial charge on any atom is 0.407 e. The lowest BCUT2D eigenvalue weighted by molar-refractivity contribution is -0.121. The zero-order chi connectivity index (χ0) is 24.1. The molecule has 1 aliphatic carbocycles. The van der Waals surface area contributed by atoms with E-state index in [1.807, 2.05) is 24.3 Å². The van der Waals surface area contributed by atoms with Crippen molar-refractivity contribution in [2.75, 3.05) is 6.61 Å². The number of benzene rings is 2. The van der Waals surface area contributed by atoms with Crippen molar-refractivity contribution in [3.8, 4) is 11.1 Å². The van der Waals surface area contributed by atoms with Crippen molar-refractivity contribution < 1.29 is 24.2 Å². The van der Waals surface area contributed by atoms with E-state index < -0.39 is 18.1 Å². The van der Waals surface area contributed by atoms with Crippen LogP contribution in [0, 0.1) is 0 Å². The Balaban J connectivity index is 1.24. The predicted molar refractivity (Wildman–Crippen MR) is 125 cm³/mol. The van der Waals surface area contributed by atoms with E-state index in [0.29, 0.717) is 5.56 Å². The molecule has 3 aromatic rings. The van der Waals surface area contributed by atoms with Gasteiger partial charge in [-0.3, -0.25) is 4.79 Å². The minimum Gasteiger partial charge on any atom is -0.477 e. The third kappa shape index (κ3) is 5.23. The number of alkyl carbamates (subject to hydrolysis) is 1. The zero-order valence-corrected chi connectivity index (χ0v) is 18.7. The summed E-state index contributed by atoms with van der Waals surface area (Å²) in [6, 6.07) is 18.8. The van der Waals surface area contributed by atoms with Crippen LogP contribution in [0.25, 0.3) is 11.1 Å². The van der Waals surface area contributed by atoms with E-state index >= 15 is 0 Å². The van der Waals surface area contributed by atoms with E-state index in [1.54, 1.807) is 13.0 Å². The van der Waals surface area contributed by atoms with Crippen molar-refractivity contribution in [3.05, 3.63) is 89.2 Å². The molecule has 8 heteroatoms. The summed E-state index contributed by atoms with van der Waals surface area (Å²) in [6.45, 7) is 2.14. The molecule has 2 aromatic carbocycles. The molecule has 0 fully saturated rings. The lowest BCUT2D eigenvalue weighted by Gasteiger charge is -2.17. The van der Waals surface area contributed by atoms with Crippen LogP contribution in [0.15, 0.2) is 66.9 Å². The Morgan fingerprint density at radius 2 is 1.65 bits per heavy atom. The standard InChI is InChI=1S/C26H25N3O5/c1-16(12-24(30)28-14-17-10-11-23(25(31)32)27-13-17)29-26(33)34-15-22-20-8-4-2-6-18(20)19-7-3-5-9-21(19)22/h2-11,13,16,22H,12,14-15H2,1H3,(H,28,30)(H,29,33)(H,31,32)/t16-/m1/s1. The number of amides is 2. The summed E-state index contributed by atoms with van der Waals surface area (Å²) in [6.07, 6.45) is 0.906. The third-order valence-electron chi connectivity index (χ3n) is 5.73. The summed E-state index contributed by atoms with van der Waals surface area (Å²) in [7, 11) is 0. The first-order valence-corrected chi connectivity index (χ1v) is 11.0. The van der Waals surface area contributed by atoms with E-state index in [-0.39, 0.29) is 37.1 Å². The fraction of sp³-hybridized carbons (Fsp3) is 0.231. The topological polar surface area (TPSA) is 118 Å². The molecule has 1 aliphatic rings. The monoisotopic (exact) mass is 459 g/mol. The number of aromatic nitrogens is 1. The second-order valence-corrected chi connectivity index (χ2v) is 8.21.